The van der Waals surface area contributed by atoms with Crippen molar-refractivity contribution in [3.05, 3.63) is 29.3 Å². The molecule has 0 heterocycles. The number of rotatable bonds is 5. The van der Waals surface area contributed by atoms with Crippen LogP contribution in [0.15, 0.2) is 23.8 Å². The van der Waals surface area contributed by atoms with Crippen LogP contribution < -0.4 is 14.2 Å². The first-order valence-corrected chi connectivity index (χ1v) is 10.0. The van der Waals surface area contributed by atoms with E-state index in [0.29, 0.717) is 23.7 Å². The second-order valence-electron chi connectivity index (χ2n) is 8.80. The fourth-order valence-corrected chi connectivity index (χ4v) is 4.98. The van der Waals surface area contributed by atoms with E-state index in [2.05, 4.69) is 19.9 Å². The molecule has 0 unspecified atom stereocenters. The third-order valence-electron chi connectivity index (χ3n) is 6.32. The monoisotopic (exact) mass is 404 g/mol. The molecule has 1 N–H and O–H groups in total. The van der Waals surface area contributed by atoms with Gasteiger partial charge in [0.15, 0.2) is 11.5 Å². The Labute approximate surface area is 172 Å². The minimum atomic E-state index is -0.453. The standard InChI is InChI=1S/C23H32O6/c1-23(2)11-13-7-15(17(22(25)29-6)8-14(13)18(24)12-23)16-9-20(27-4)21(28-5)10-19(16)26-3/h7,9-10,14-15,17-18,24H,8,11-12H2,1-6H3/t14-,15+,17+,18+/m1/s1. The highest BCUT2D eigenvalue weighted by molar-refractivity contribution is 5.75. The molecule has 0 radical (unpaired) electrons. The van der Waals surface area contributed by atoms with Crippen LogP contribution in [0.3, 0.4) is 0 Å². The van der Waals surface area contributed by atoms with Crippen LogP contribution in [-0.4, -0.2) is 45.6 Å². The number of hydrogen-bond donors (Lipinski definition) is 1. The Morgan fingerprint density at radius 3 is 2.24 bits per heavy atom. The molecule has 2 aliphatic rings. The number of esters is 1. The maximum Gasteiger partial charge on any atom is 0.309 e. The number of aliphatic hydroxyl groups is 1. The second kappa shape index (κ2) is 8.27. The summed E-state index contributed by atoms with van der Waals surface area (Å²) in [4.78, 5) is 12.7. The van der Waals surface area contributed by atoms with Gasteiger partial charge in [-0.05, 0) is 30.7 Å². The highest BCUT2D eigenvalue weighted by Gasteiger charge is 2.45. The second-order valence-corrected chi connectivity index (χ2v) is 8.80. The molecular weight excluding hydrogens is 372 g/mol. The molecular formula is C23H32O6. The van der Waals surface area contributed by atoms with Gasteiger partial charge in [-0.2, -0.15) is 0 Å². The van der Waals surface area contributed by atoms with Crippen molar-refractivity contribution in [1.82, 2.24) is 0 Å². The first kappa shape index (κ1) is 21.5. The highest BCUT2D eigenvalue weighted by Crippen LogP contribution is 2.52. The van der Waals surface area contributed by atoms with Gasteiger partial charge in [-0.15, -0.1) is 0 Å². The molecule has 2 aliphatic carbocycles. The first-order chi connectivity index (χ1) is 13.7. The topological polar surface area (TPSA) is 74.2 Å². The van der Waals surface area contributed by atoms with E-state index in [-0.39, 0.29) is 23.2 Å². The van der Waals surface area contributed by atoms with Gasteiger partial charge in [0.25, 0.3) is 0 Å². The maximum atomic E-state index is 12.7. The van der Waals surface area contributed by atoms with Crippen LogP contribution in [0.1, 0.15) is 44.6 Å². The van der Waals surface area contributed by atoms with Crippen LogP contribution in [0, 0.1) is 17.3 Å². The molecule has 0 spiro atoms. The molecule has 6 heteroatoms. The molecule has 0 amide bonds. The molecule has 0 aromatic heterocycles. The quantitative estimate of drug-likeness (QED) is 0.596. The van der Waals surface area contributed by atoms with Gasteiger partial charge in [0.05, 0.1) is 40.5 Å². The SMILES string of the molecule is COC(=O)[C@H]1C[C@@H]2C(=C[C@H]1c1cc(OC)c(OC)cc1OC)CC(C)(C)C[C@@H]2O. The minimum absolute atomic E-state index is 0.0190. The molecule has 3 rings (SSSR count). The number of carbonyl (C=O) groups excluding carboxylic acids is 1. The molecule has 4 atom stereocenters. The van der Waals surface area contributed by atoms with Gasteiger partial charge < -0.3 is 24.1 Å². The van der Waals surface area contributed by atoms with Crippen LogP contribution in [0.4, 0.5) is 0 Å². The predicted molar refractivity (Wildman–Crippen MR) is 110 cm³/mol. The fraction of sp³-hybridized carbons (Fsp3) is 0.609. The number of hydrogen-bond acceptors (Lipinski definition) is 6. The Hall–Kier alpha value is -2.21. The zero-order chi connectivity index (χ0) is 21.3. The Balaban J connectivity index is 2.14. The highest BCUT2D eigenvalue weighted by atomic mass is 16.5. The summed E-state index contributed by atoms with van der Waals surface area (Å²) in [5, 5.41) is 10.8. The molecule has 1 aromatic rings. The molecule has 0 bridgehead atoms. The van der Waals surface area contributed by atoms with E-state index in [9.17, 15) is 9.90 Å². The Kier molecular flexibility index (Phi) is 6.13. The third-order valence-corrected chi connectivity index (χ3v) is 6.32. The summed E-state index contributed by atoms with van der Waals surface area (Å²) >= 11 is 0. The van der Waals surface area contributed by atoms with E-state index in [1.165, 1.54) is 12.7 Å². The summed E-state index contributed by atoms with van der Waals surface area (Å²) in [5.41, 5.74) is 2.08. The van der Waals surface area contributed by atoms with Gasteiger partial charge in [-0.1, -0.05) is 25.5 Å². The van der Waals surface area contributed by atoms with Crippen LogP contribution in [-0.2, 0) is 9.53 Å². The van der Waals surface area contributed by atoms with E-state index < -0.39 is 12.0 Å². The number of fused-ring (bicyclic) bond motifs is 1. The van der Waals surface area contributed by atoms with E-state index in [0.717, 1.165) is 18.4 Å². The maximum absolute atomic E-state index is 12.7. The summed E-state index contributed by atoms with van der Waals surface area (Å²) < 4.78 is 21.6. The molecule has 0 aliphatic heterocycles. The lowest BCUT2D eigenvalue weighted by atomic mass is 9.61. The van der Waals surface area contributed by atoms with Gasteiger partial charge in [0, 0.05) is 23.5 Å². The average molecular weight is 405 g/mol. The lowest BCUT2D eigenvalue weighted by Gasteiger charge is -2.45. The number of allylic oxidation sites excluding steroid dienone is 1. The molecule has 160 valence electrons. The van der Waals surface area contributed by atoms with Crippen molar-refractivity contribution in [2.24, 2.45) is 17.3 Å². The number of ether oxygens (including phenoxy) is 4. The van der Waals surface area contributed by atoms with Crippen molar-refractivity contribution < 1.29 is 28.8 Å². The zero-order valence-electron chi connectivity index (χ0n) is 18.2. The van der Waals surface area contributed by atoms with Crippen molar-refractivity contribution in [2.45, 2.75) is 45.1 Å². The largest absolute Gasteiger partial charge is 0.496 e. The van der Waals surface area contributed by atoms with Crippen LogP contribution in [0.5, 0.6) is 17.2 Å². The molecule has 1 saturated carbocycles. The van der Waals surface area contributed by atoms with E-state index in [1.807, 2.05) is 6.07 Å². The van der Waals surface area contributed by atoms with E-state index in [4.69, 9.17) is 18.9 Å². The van der Waals surface area contributed by atoms with Crippen molar-refractivity contribution in [2.75, 3.05) is 28.4 Å². The predicted octanol–water partition coefficient (Wildman–Crippen LogP) is 3.71. The summed E-state index contributed by atoms with van der Waals surface area (Å²) in [6.45, 7) is 4.34. The van der Waals surface area contributed by atoms with E-state index in [1.54, 1.807) is 27.4 Å². The van der Waals surface area contributed by atoms with Gasteiger partial charge in [-0.3, -0.25) is 4.79 Å². The lowest BCUT2D eigenvalue weighted by Crippen LogP contribution is -2.41. The number of carbonyl (C=O) groups is 1. The van der Waals surface area contributed by atoms with Gasteiger partial charge in [-0.25, -0.2) is 0 Å². The zero-order valence-corrected chi connectivity index (χ0v) is 18.2. The summed E-state index contributed by atoms with van der Waals surface area (Å²) in [6, 6.07) is 3.66. The normalized spacial score (nSPS) is 28.0. The number of benzene rings is 1. The van der Waals surface area contributed by atoms with E-state index >= 15 is 0 Å². The van der Waals surface area contributed by atoms with Gasteiger partial charge >= 0.3 is 5.97 Å². The van der Waals surface area contributed by atoms with Crippen molar-refractivity contribution in [1.29, 1.82) is 0 Å². The van der Waals surface area contributed by atoms with Crippen molar-refractivity contribution >= 4 is 5.97 Å². The molecule has 6 nitrogen and oxygen atoms in total. The van der Waals surface area contributed by atoms with Crippen LogP contribution in [0.25, 0.3) is 0 Å². The molecule has 1 aromatic carbocycles. The van der Waals surface area contributed by atoms with Crippen molar-refractivity contribution in [3.63, 3.8) is 0 Å². The number of aliphatic hydroxyl groups excluding tert-OH is 1. The third kappa shape index (κ3) is 4.08. The Morgan fingerprint density at radius 2 is 1.66 bits per heavy atom. The summed E-state index contributed by atoms with van der Waals surface area (Å²) in [5.74, 6) is 0.844. The van der Waals surface area contributed by atoms with Crippen LogP contribution >= 0.6 is 0 Å². The van der Waals surface area contributed by atoms with Gasteiger partial charge in [0.1, 0.15) is 5.75 Å². The molecule has 0 saturated heterocycles. The first-order valence-electron chi connectivity index (χ1n) is 10.0. The Bertz CT molecular complexity index is 797. The smallest absolute Gasteiger partial charge is 0.309 e. The fourth-order valence-electron chi connectivity index (χ4n) is 4.98. The van der Waals surface area contributed by atoms with Gasteiger partial charge in [0.2, 0.25) is 0 Å². The molecule has 29 heavy (non-hydrogen) atoms. The molecule has 1 fully saturated rings. The van der Waals surface area contributed by atoms with Crippen LogP contribution in [0.2, 0.25) is 0 Å². The lowest BCUT2D eigenvalue weighted by molar-refractivity contribution is -0.147. The Morgan fingerprint density at radius 1 is 1.03 bits per heavy atom. The average Bonchev–Trinajstić information content (AvgIpc) is 2.70. The van der Waals surface area contributed by atoms with Crippen molar-refractivity contribution in [3.8, 4) is 17.2 Å². The summed E-state index contributed by atoms with van der Waals surface area (Å²) in [6.07, 6.45) is 3.87. The summed E-state index contributed by atoms with van der Waals surface area (Å²) in [7, 11) is 6.17. The minimum Gasteiger partial charge on any atom is -0.496 e. The number of methoxy groups -OCH3 is 4.